The van der Waals surface area contributed by atoms with E-state index in [1.165, 1.54) is 70.6 Å². The molecule has 2 N–H and O–H groups in total. The molecule has 0 amide bonds. The average Bonchev–Trinajstić information content (AvgIpc) is 3.03. The van der Waals surface area contributed by atoms with Crippen LogP contribution in [-0.2, 0) is 0 Å². The Morgan fingerprint density at radius 1 is 0.595 bits per heavy atom. The Bertz CT molecular complexity index is 1100. The number of anilines is 3. The molecule has 0 atom stereocenters. The van der Waals surface area contributed by atoms with Crippen molar-refractivity contribution in [2.75, 3.05) is 108 Å². The molecule has 4 heterocycles. The zero-order valence-electron chi connectivity index (χ0n) is 25.6. The molecule has 0 aliphatic carbocycles. The molecule has 6 rings (SSSR count). The second-order valence-corrected chi connectivity index (χ2v) is 12.5. The zero-order valence-corrected chi connectivity index (χ0v) is 25.6. The smallest absolute Gasteiger partial charge is 0.269 e. The van der Waals surface area contributed by atoms with E-state index in [-0.39, 0.29) is 10.6 Å². The highest BCUT2D eigenvalue weighted by atomic mass is 16.6. The number of hydrogen-bond acceptors (Lipinski definition) is 9. The third-order valence-electron chi connectivity index (χ3n) is 9.72. The van der Waals surface area contributed by atoms with Gasteiger partial charge in [0.1, 0.15) is 0 Å². The topological polar surface area (TPSA) is 88.6 Å². The molecule has 230 valence electrons. The van der Waals surface area contributed by atoms with Crippen molar-refractivity contribution < 1.29 is 4.92 Å². The number of nitrogen functional groups attached to an aromatic ring is 1. The van der Waals surface area contributed by atoms with E-state index in [9.17, 15) is 10.1 Å². The molecule has 42 heavy (non-hydrogen) atoms. The molecular weight excluding hydrogens is 528 g/mol. The number of non-ortho nitro benzene ring substituents is 1. The quantitative estimate of drug-likeness (QED) is 0.326. The van der Waals surface area contributed by atoms with E-state index in [4.69, 9.17) is 5.73 Å². The molecule has 0 bridgehead atoms. The predicted molar refractivity (Wildman–Crippen MR) is 173 cm³/mol. The molecule has 0 saturated carbocycles. The highest BCUT2D eigenvalue weighted by molar-refractivity contribution is 5.53. The van der Waals surface area contributed by atoms with Crippen LogP contribution < -0.4 is 15.5 Å². The van der Waals surface area contributed by atoms with E-state index in [0.717, 1.165) is 62.7 Å². The van der Waals surface area contributed by atoms with Gasteiger partial charge < -0.3 is 25.3 Å². The van der Waals surface area contributed by atoms with E-state index >= 15 is 0 Å². The number of nitro groups is 1. The first kappa shape index (κ1) is 30.5. The first-order valence-corrected chi connectivity index (χ1v) is 15.8. The van der Waals surface area contributed by atoms with Gasteiger partial charge in [-0.2, -0.15) is 0 Å². The normalized spacial score (nSPS) is 22.5. The minimum Gasteiger partial charge on any atom is -0.399 e. The fraction of sp³-hybridized carbons (Fsp3) is 0.625. The monoisotopic (exact) mass is 578 g/mol. The Hall–Kier alpha value is -2.92. The molecule has 4 aliphatic heterocycles. The average molecular weight is 579 g/mol. The molecule has 2 aromatic rings. The van der Waals surface area contributed by atoms with Gasteiger partial charge >= 0.3 is 0 Å². The highest BCUT2D eigenvalue weighted by Crippen LogP contribution is 2.24. The van der Waals surface area contributed by atoms with Gasteiger partial charge in [-0.3, -0.25) is 19.9 Å². The fourth-order valence-corrected chi connectivity index (χ4v) is 6.88. The largest absolute Gasteiger partial charge is 0.399 e. The molecule has 0 radical (unpaired) electrons. The molecule has 0 unspecified atom stereocenters. The zero-order chi connectivity index (χ0) is 29.5. The van der Waals surface area contributed by atoms with E-state index in [1.807, 2.05) is 24.3 Å². The predicted octanol–water partition coefficient (Wildman–Crippen LogP) is 3.30. The Kier molecular flexibility index (Phi) is 10.5. The Balaban J connectivity index is 0.000000169. The summed E-state index contributed by atoms with van der Waals surface area (Å²) < 4.78 is 0. The van der Waals surface area contributed by atoms with Crippen molar-refractivity contribution in [3.8, 4) is 0 Å². The number of rotatable bonds is 5. The van der Waals surface area contributed by atoms with E-state index in [1.54, 1.807) is 12.1 Å². The van der Waals surface area contributed by atoms with Crippen molar-refractivity contribution >= 4 is 22.7 Å². The number of piperazine rings is 2. The van der Waals surface area contributed by atoms with Crippen LogP contribution in [0.15, 0.2) is 48.5 Å². The van der Waals surface area contributed by atoms with Gasteiger partial charge in [0.05, 0.1) is 4.92 Å². The van der Waals surface area contributed by atoms with Gasteiger partial charge in [0.25, 0.3) is 5.69 Å². The van der Waals surface area contributed by atoms with Crippen LogP contribution >= 0.6 is 0 Å². The maximum absolute atomic E-state index is 10.7. The number of hydrogen-bond donors (Lipinski definition) is 1. The van der Waals surface area contributed by atoms with Crippen molar-refractivity contribution in [3.63, 3.8) is 0 Å². The number of nitrogens with two attached hydrogens (primary N) is 1. The van der Waals surface area contributed by atoms with E-state index in [0.29, 0.717) is 0 Å². The van der Waals surface area contributed by atoms with Gasteiger partial charge in [-0.1, -0.05) is 0 Å². The summed E-state index contributed by atoms with van der Waals surface area (Å²) >= 11 is 0. The molecule has 2 aromatic carbocycles. The van der Waals surface area contributed by atoms with Gasteiger partial charge in [0.2, 0.25) is 0 Å². The number of piperidine rings is 2. The lowest BCUT2D eigenvalue weighted by Gasteiger charge is -2.42. The summed E-state index contributed by atoms with van der Waals surface area (Å²) in [5.74, 6) is 0. The third-order valence-corrected chi connectivity index (χ3v) is 9.72. The molecular formula is C32H50N8O2. The van der Waals surface area contributed by atoms with Gasteiger partial charge in [-0.05, 0) is 102 Å². The first-order valence-electron chi connectivity index (χ1n) is 15.8. The van der Waals surface area contributed by atoms with Crippen LogP contribution in [0.25, 0.3) is 0 Å². The lowest BCUT2D eigenvalue weighted by Crippen LogP contribution is -2.53. The van der Waals surface area contributed by atoms with Gasteiger partial charge in [0, 0.05) is 93.6 Å². The second kappa shape index (κ2) is 14.5. The standard InChI is InChI=1S/C16H24N4O2.C16H26N4/c1-17-8-6-15(7-9-17)19-12-10-18(11-13-19)14-2-4-16(5-3-14)20(21)22;1-18-8-6-16(7-9-18)20-12-10-19(11-13-20)15-4-2-14(17)3-5-15/h2-5,15H,6-13H2,1H3;2-5,16H,6-13,17H2,1H3. The summed E-state index contributed by atoms with van der Waals surface area (Å²) in [6.45, 7) is 13.8. The molecule has 10 heteroatoms. The summed E-state index contributed by atoms with van der Waals surface area (Å²) in [5.41, 5.74) is 9.16. The van der Waals surface area contributed by atoms with Crippen LogP contribution in [-0.4, -0.2) is 129 Å². The maximum Gasteiger partial charge on any atom is 0.269 e. The first-order chi connectivity index (χ1) is 20.4. The summed E-state index contributed by atoms with van der Waals surface area (Å²) in [5, 5.41) is 10.7. The van der Waals surface area contributed by atoms with Crippen molar-refractivity contribution in [2.45, 2.75) is 37.8 Å². The van der Waals surface area contributed by atoms with Gasteiger partial charge in [0.15, 0.2) is 0 Å². The van der Waals surface area contributed by atoms with Crippen LogP contribution in [0.5, 0.6) is 0 Å². The maximum atomic E-state index is 10.7. The molecule has 4 fully saturated rings. The molecule has 10 nitrogen and oxygen atoms in total. The molecule has 0 spiro atoms. The van der Waals surface area contributed by atoms with Crippen molar-refractivity contribution in [1.29, 1.82) is 0 Å². The fourth-order valence-electron chi connectivity index (χ4n) is 6.88. The lowest BCUT2D eigenvalue weighted by atomic mass is 10.0. The highest BCUT2D eigenvalue weighted by Gasteiger charge is 2.28. The van der Waals surface area contributed by atoms with Crippen molar-refractivity contribution in [1.82, 2.24) is 19.6 Å². The molecule has 4 aliphatic rings. The minimum absolute atomic E-state index is 0.161. The van der Waals surface area contributed by atoms with Crippen molar-refractivity contribution in [2.24, 2.45) is 0 Å². The number of benzene rings is 2. The Labute approximate surface area is 251 Å². The van der Waals surface area contributed by atoms with Crippen LogP contribution in [0.3, 0.4) is 0 Å². The Morgan fingerprint density at radius 3 is 1.31 bits per heavy atom. The number of nitro benzene ring substituents is 1. The summed E-state index contributed by atoms with van der Waals surface area (Å²) in [7, 11) is 4.43. The summed E-state index contributed by atoms with van der Waals surface area (Å²) in [6.07, 6.45) is 5.21. The summed E-state index contributed by atoms with van der Waals surface area (Å²) in [4.78, 5) is 25.3. The van der Waals surface area contributed by atoms with E-state index < -0.39 is 0 Å². The van der Waals surface area contributed by atoms with E-state index in [2.05, 4.69) is 55.6 Å². The second-order valence-electron chi connectivity index (χ2n) is 12.5. The van der Waals surface area contributed by atoms with Gasteiger partial charge in [-0.25, -0.2) is 0 Å². The molecule has 4 saturated heterocycles. The lowest BCUT2D eigenvalue weighted by molar-refractivity contribution is -0.384. The Morgan fingerprint density at radius 2 is 0.952 bits per heavy atom. The third kappa shape index (κ3) is 8.12. The van der Waals surface area contributed by atoms with Crippen LogP contribution in [0, 0.1) is 10.1 Å². The van der Waals surface area contributed by atoms with Crippen LogP contribution in [0.4, 0.5) is 22.7 Å². The van der Waals surface area contributed by atoms with Gasteiger partial charge in [-0.15, -0.1) is 0 Å². The number of nitrogens with zero attached hydrogens (tertiary/aromatic N) is 7. The SMILES string of the molecule is CN1CCC(N2CCN(c3ccc(N)cc3)CC2)CC1.CN1CCC(N2CCN(c3ccc([N+](=O)[O-])cc3)CC2)CC1. The number of likely N-dealkylation sites (tertiary alicyclic amines) is 2. The molecule has 0 aromatic heterocycles. The van der Waals surface area contributed by atoms with Crippen LogP contribution in [0.1, 0.15) is 25.7 Å². The van der Waals surface area contributed by atoms with Crippen LogP contribution in [0.2, 0.25) is 0 Å². The summed E-state index contributed by atoms with van der Waals surface area (Å²) in [6, 6.07) is 16.7. The minimum atomic E-state index is -0.345. The van der Waals surface area contributed by atoms with Crippen molar-refractivity contribution in [3.05, 3.63) is 58.6 Å².